The molecule has 0 saturated carbocycles. The van der Waals surface area contributed by atoms with Crippen LogP contribution >= 0.6 is 12.2 Å². The van der Waals surface area contributed by atoms with E-state index in [0.717, 1.165) is 29.2 Å². The topological polar surface area (TPSA) is 53.2 Å². The minimum Gasteiger partial charge on any atom is -0.359 e. The quantitative estimate of drug-likeness (QED) is 0.692. The van der Waals surface area contributed by atoms with Crippen molar-refractivity contribution in [1.29, 1.82) is 0 Å². The largest absolute Gasteiger partial charge is 0.359 e. The van der Waals surface area contributed by atoms with E-state index in [2.05, 4.69) is 22.9 Å². The van der Waals surface area contributed by atoms with Crippen LogP contribution in [0.5, 0.6) is 0 Å². The third-order valence-corrected chi connectivity index (χ3v) is 4.14. The van der Waals surface area contributed by atoms with Crippen LogP contribution in [0.4, 0.5) is 17.1 Å². The van der Waals surface area contributed by atoms with Crippen molar-refractivity contribution < 1.29 is 4.79 Å². The lowest BCUT2D eigenvalue weighted by molar-refractivity contribution is -0.115. The Balaban J connectivity index is 1.57. The smallest absolute Gasteiger partial charge is 0.175 e. The Kier molecular flexibility index (Phi) is 5.46. The summed E-state index contributed by atoms with van der Waals surface area (Å²) in [6.07, 6.45) is 3.25. The number of carbonyl (C=O) groups excluding carboxylic acids is 1. The van der Waals surface area contributed by atoms with Gasteiger partial charge in [-0.25, -0.2) is 0 Å². The first-order chi connectivity index (χ1) is 12.1. The molecule has 2 aromatic rings. The minimum atomic E-state index is 0.192. The van der Waals surface area contributed by atoms with E-state index in [-0.39, 0.29) is 5.78 Å². The first kappa shape index (κ1) is 17.2. The molecule has 0 aromatic heterocycles. The zero-order valence-corrected chi connectivity index (χ0v) is 14.9. The summed E-state index contributed by atoms with van der Waals surface area (Å²) >= 11 is 5.32. The molecule has 128 valence electrons. The van der Waals surface area contributed by atoms with Crippen molar-refractivity contribution in [3.8, 4) is 0 Å². The highest BCUT2D eigenvalue weighted by molar-refractivity contribution is 7.80. The zero-order chi connectivity index (χ0) is 17.6. The van der Waals surface area contributed by atoms with Crippen molar-refractivity contribution in [1.82, 2.24) is 0 Å². The second-order valence-corrected chi connectivity index (χ2v) is 6.71. The van der Waals surface area contributed by atoms with Gasteiger partial charge in [-0.1, -0.05) is 25.1 Å². The molecule has 1 aliphatic carbocycles. The van der Waals surface area contributed by atoms with Crippen LogP contribution in [0.3, 0.4) is 0 Å². The minimum absolute atomic E-state index is 0.192. The van der Waals surface area contributed by atoms with Crippen molar-refractivity contribution in [2.45, 2.75) is 19.8 Å². The van der Waals surface area contributed by atoms with Gasteiger partial charge in [0.2, 0.25) is 0 Å². The summed E-state index contributed by atoms with van der Waals surface area (Å²) in [7, 11) is 0. The maximum atomic E-state index is 11.7. The molecule has 3 N–H and O–H groups in total. The van der Waals surface area contributed by atoms with Crippen molar-refractivity contribution in [3.05, 3.63) is 66.4 Å². The average Bonchev–Trinajstić information content (AvgIpc) is 2.56. The molecule has 0 heterocycles. The van der Waals surface area contributed by atoms with Gasteiger partial charge in [0.15, 0.2) is 10.9 Å². The molecule has 0 unspecified atom stereocenters. The van der Waals surface area contributed by atoms with Gasteiger partial charge >= 0.3 is 0 Å². The third-order valence-electron chi connectivity index (χ3n) is 3.93. The lowest BCUT2D eigenvalue weighted by Gasteiger charge is -2.20. The molecule has 0 aliphatic heterocycles. The molecule has 1 aliphatic rings. The Morgan fingerprint density at radius 1 is 0.920 bits per heavy atom. The second-order valence-electron chi connectivity index (χ2n) is 6.30. The van der Waals surface area contributed by atoms with Gasteiger partial charge in [-0.15, -0.1) is 0 Å². The number of benzene rings is 2. The van der Waals surface area contributed by atoms with Gasteiger partial charge in [0.25, 0.3) is 0 Å². The summed E-state index contributed by atoms with van der Waals surface area (Å²) in [4.78, 5) is 11.7. The number of rotatable bonds is 4. The van der Waals surface area contributed by atoms with Crippen LogP contribution in [-0.4, -0.2) is 10.9 Å². The monoisotopic (exact) mass is 351 g/mol. The Bertz CT molecular complexity index is 784. The number of para-hydroxylation sites is 1. The molecule has 3 rings (SSSR count). The highest BCUT2D eigenvalue weighted by Crippen LogP contribution is 2.24. The van der Waals surface area contributed by atoms with Crippen LogP contribution in [0.1, 0.15) is 19.8 Å². The number of anilines is 3. The molecule has 0 spiro atoms. The Morgan fingerprint density at radius 2 is 1.52 bits per heavy atom. The molecule has 0 fully saturated rings. The van der Waals surface area contributed by atoms with Crippen molar-refractivity contribution in [3.63, 3.8) is 0 Å². The fourth-order valence-corrected chi connectivity index (χ4v) is 3.06. The summed E-state index contributed by atoms with van der Waals surface area (Å²) in [5, 5.41) is 10.2. The Labute approximate surface area is 153 Å². The molecule has 2 aromatic carbocycles. The first-order valence-corrected chi connectivity index (χ1v) is 8.73. The molecule has 0 bridgehead atoms. The van der Waals surface area contributed by atoms with Crippen molar-refractivity contribution in [2.24, 2.45) is 5.92 Å². The molecule has 1 atom stereocenters. The second kappa shape index (κ2) is 7.94. The van der Waals surface area contributed by atoms with Gasteiger partial charge in [-0.2, -0.15) is 0 Å². The van der Waals surface area contributed by atoms with Gasteiger partial charge in [-0.3, -0.25) is 4.79 Å². The summed E-state index contributed by atoms with van der Waals surface area (Å²) in [5.41, 5.74) is 3.79. The van der Waals surface area contributed by atoms with Gasteiger partial charge in [0.1, 0.15) is 0 Å². The average molecular weight is 351 g/mol. The summed E-state index contributed by atoms with van der Waals surface area (Å²) < 4.78 is 0. The van der Waals surface area contributed by atoms with E-state index in [1.54, 1.807) is 6.08 Å². The molecule has 4 nitrogen and oxygen atoms in total. The summed E-state index contributed by atoms with van der Waals surface area (Å²) in [6.45, 7) is 2.10. The van der Waals surface area contributed by atoms with Gasteiger partial charge in [0, 0.05) is 35.3 Å². The maximum absolute atomic E-state index is 11.7. The van der Waals surface area contributed by atoms with E-state index >= 15 is 0 Å². The normalized spacial score (nSPS) is 16.8. The van der Waals surface area contributed by atoms with Crippen molar-refractivity contribution in [2.75, 3.05) is 16.0 Å². The number of thiocarbonyl (C=S) groups is 1. The van der Waals surface area contributed by atoms with Gasteiger partial charge in [-0.05, 0) is 61.0 Å². The van der Waals surface area contributed by atoms with Crippen molar-refractivity contribution >= 4 is 40.2 Å². The zero-order valence-electron chi connectivity index (χ0n) is 14.1. The van der Waals surface area contributed by atoms with E-state index in [4.69, 9.17) is 12.2 Å². The van der Waals surface area contributed by atoms with Crippen LogP contribution in [0.25, 0.3) is 0 Å². The van der Waals surface area contributed by atoms with Crippen LogP contribution in [0.2, 0.25) is 0 Å². The van der Waals surface area contributed by atoms with Crippen LogP contribution in [-0.2, 0) is 4.79 Å². The Hall–Kier alpha value is -2.66. The predicted octanol–water partition coefficient (Wildman–Crippen LogP) is 4.79. The summed E-state index contributed by atoms with van der Waals surface area (Å²) in [6, 6.07) is 17.6. The van der Waals surface area contributed by atoms with E-state index < -0.39 is 0 Å². The number of nitrogens with one attached hydrogen (secondary N) is 3. The van der Waals surface area contributed by atoms with Gasteiger partial charge in [0.05, 0.1) is 0 Å². The molecule has 0 radical (unpaired) electrons. The highest BCUT2D eigenvalue weighted by Gasteiger charge is 2.16. The number of ketones is 1. The first-order valence-electron chi connectivity index (χ1n) is 8.32. The fourth-order valence-electron chi connectivity index (χ4n) is 2.83. The predicted molar refractivity (Wildman–Crippen MR) is 108 cm³/mol. The van der Waals surface area contributed by atoms with E-state index in [1.807, 2.05) is 54.6 Å². The molecular formula is C20H21N3OS. The number of allylic oxidation sites excluding steroid dienone is 2. The lowest BCUT2D eigenvalue weighted by Crippen LogP contribution is -2.19. The number of hydrogen-bond donors (Lipinski definition) is 3. The highest BCUT2D eigenvalue weighted by atomic mass is 32.1. The van der Waals surface area contributed by atoms with Crippen LogP contribution in [0.15, 0.2) is 66.4 Å². The van der Waals surface area contributed by atoms with E-state index in [0.29, 0.717) is 17.5 Å². The molecule has 25 heavy (non-hydrogen) atoms. The molecule has 0 amide bonds. The summed E-state index contributed by atoms with van der Waals surface area (Å²) in [5.74, 6) is 0.583. The SMILES string of the molecule is C[C@@H]1CC(=O)C=C(Nc2ccc(NC(=S)Nc3ccccc3)cc2)C1. The fraction of sp³-hybridized carbons (Fsp3) is 0.200. The third kappa shape index (κ3) is 5.16. The standard InChI is InChI=1S/C20H21N3OS/c1-14-11-18(13-19(24)12-14)21-16-7-9-17(10-8-16)23-20(25)22-15-5-3-2-4-6-15/h2-10,13-14,21H,11-12H2,1H3,(H2,22,23,25)/t14-/m0/s1. The van der Waals surface area contributed by atoms with Crippen LogP contribution in [0, 0.1) is 5.92 Å². The molecule has 5 heteroatoms. The number of hydrogen-bond acceptors (Lipinski definition) is 3. The molecule has 0 saturated heterocycles. The Morgan fingerprint density at radius 3 is 2.16 bits per heavy atom. The molecular weight excluding hydrogens is 330 g/mol. The van der Waals surface area contributed by atoms with Crippen LogP contribution < -0.4 is 16.0 Å². The van der Waals surface area contributed by atoms with E-state index in [1.165, 1.54) is 0 Å². The number of carbonyl (C=O) groups is 1. The van der Waals surface area contributed by atoms with E-state index in [9.17, 15) is 4.79 Å². The lowest BCUT2D eigenvalue weighted by atomic mass is 9.93. The van der Waals surface area contributed by atoms with Gasteiger partial charge < -0.3 is 16.0 Å². The maximum Gasteiger partial charge on any atom is 0.175 e.